The van der Waals surface area contributed by atoms with Crippen LogP contribution < -0.4 is 10.6 Å². The Morgan fingerprint density at radius 2 is 1.65 bits per heavy atom. The van der Waals surface area contributed by atoms with Gasteiger partial charge in [-0.05, 0) is 30.2 Å². The second kappa shape index (κ2) is 6.95. The summed E-state index contributed by atoms with van der Waals surface area (Å²) in [5.74, 6) is -6.86. The highest BCUT2D eigenvalue weighted by Crippen LogP contribution is 2.19. The Labute approximate surface area is 130 Å². The zero-order valence-electron chi connectivity index (χ0n) is 12.1. The van der Waals surface area contributed by atoms with Gasteiger partial charge in [-0.3, -0.25) is 9.59 Å². The number of benzene rings is 2. The number of carbonyl (C=O) groups excluding carboxylic acids is 2. The molecule has 0 saturated carbocycles. The molecule has 120 valence electrons. The number of amides is 2. The van der Waals surface area contributed by atoms with E-state index in [-0.39, 0.29) is 6.54 Å². The van der Waals surface area contributed by atoms with Crippen molar-refractivity contribution in [2.75, 3.05) is 5.32 Å². The minimum Gasteiger partial charge on any atom is -0.344 e. The van der Waals surface area contributed by atoms with Crippen molar-refractivity contribution in [1.82, 2.24) is 5.32 Å². The molecule has 0 atom stereocenters. The lowest BCUT2D eigenvalue weighted by Crippen LogP contribution is -2.35. The maximum Gasteiger partial charge on any atom is 0.313 e. The first-order valence-corrected chi connectivity index (χ1v) is 6.67. The first kappa shape index (κ1) is 16.5. The standard InChI is InChI=1S/C16H13F3N2O2/c1-9-4-2-3-5-10(9)8-20-15(22)16(23)21-12-7-6-11(17)13(18)14(12)19/h2-7H,8H2,1H3,(H,20,22)(H,21,23). The molecule has 0 aromatic heterocycles. The van der Waals surface area contributed by atoms with Crippen LogP contribution in [0.25, 0.3) is 0 Å². The summed E-state index contributed by atoms with van der Waals surface area (Å²) < 4.78 is 39.3. The van der Waals surface area contributed by atoms with Crippen LogP contribution in [0.3, 0.4) is 0 Å². The number of hydrogen-bond donors (Lipinski definition) is 2. The fraction of sp³-hybridized carbons (Fsp3) is 0.125. The molecule has 0 aliphatic carbocycles. The Morgan fingerprint density at radius 3 is 2.35 bits per heavy atom. The quantitative estimate of drug-likeness (QED) is 0.674. The van der Waals surface area contributed by atoms with Crippen molar-refractivity contribution in [3.05, 3.63) is 65.0 Å². The van der Waals surface area contributed by atoms with E-state index in [0.29, 0.717) is 6.07 Å². The Kier molecular flexibility index (Phi) is 5.00. The molecule has 2 rings (SSSR count). The lowest BCUT2D eigenvalue weighted by Gasteiger charge is -2.09. The fourth-order valence-electron chi connectivity index (χ4n) is 1.87. The average Bonchev–Trinajstić information content (AvgIpc) is 2.54. The van der Waals surface area contributed by atoms with Crippen LogP contribution in [0.15, 0.2) is 36.4 Å². The third-order valence-electron chi connectivity index (χ3n) is 3.19. The summed E-state index contributed by atoms with van der Waals surface area (Å²) in [6.07, 6.45) is 0. The minimum atomic E-state index is -1.72. The van der Waals surface area contributed by atoms with E-state index >= 15 is 0 Å². The second-order valence-electron chi connectivity index (χ2n) is 4.79. The summed E-state index contributed by atoms with van der Waals surface area (Å²) in [6.45, 7) is 1.96. The Morgan fingerprint density at radius 1 is 0.957 bits per heavy atom. The summed E-state index contributed by atoms with van der Waals surface area (Å²) in [6, 6.07) is 8.73. The lowest BCUT2D eigenvalue weighted by molar-refractivity contribution is -0.136. The van der Waals surface area contributed by atoms with Gasteiger partial charge in [-0.25, -0.2) is 13.2 Å². The van der Waals surface area contributed by atoms with Crippen LogP contribution in [0.1, 0.15) is 11.1 Å². The molecule has 0 saturated heterocycles. The summed E-state index contributed by atoms with van der Waals surface area (Å²) in [7, 11) is 0. The topological polar surface area (TPSA) is 58.2 Å². The second-order valence-corrected chi connectivity index (χ2v) is 4.79. The predicted molar refractivity (Wildman–Crippen MR) is 78.0 cm³/mol. The molecule has 0 fully saturated rings. The molecule has 0 unspecified atom stereocenters. The van der Waals surface area contributed by atoms with Crippen molar-refractivity contribution < 1.29 is 22.8 Å². The Balaban J connectivity index is 2.00. The van der Waals surface area contributed by atoms with Gasteiger partial charge in [-0.15, -0.1) is 0 Å². The average molecular weight is 322 g/mol. The summed E-state index contributed by atoms with van der Waals surface area (Å²) >= 11 is 0. The number of aryl methyl sites for hydroxylation is 1. The number of carbonyl (C=O) groups is 2. The maximum absolute atomic E-state index is 13.4. The van der Waals surface area contributed by atoms with E-state index in [2.05, 4.69) is 5.32 Å². The highest BCUT2D eigenvalue weighted by Gasteiger charge is 2.19. The van der Waals surface area contributed by atoms with Gasteiger partial charge in [0.2, 0.25) is 0 Å². The molecule has 0 radical (unpaired) electrons. The number of halogens is 3. The molecule has 2 aromatic carbocycles. The van der Waals surface area contributed by atoms with Gasteiger partial charge in [-0.1, -0.05) is 24.3 Å². The van der Waals surface area contributed by atoms with Gasteiger partial charge in [0.15, 0.2) is 17.5 Å². The monoisotopic (exact) mass is 322 g/mol. The molecule has 0 heterocycles. The van der Waals surface area contributed by atoms with Crippen molar-refractivity contribution in [3.8, 4) is 0 Å². The maximum atomic E-state index is 13.4. The van der Waals surface area contributed by atoms with Gasteiger partial charge in [0.05, 0.1) is 5.69 Å². The highest BCUT2D eigenvalue weighted by molar-refractivity contribution is 6.39. The van der Waals surface area contributed by atoms with E-state index in [0.717, 1.165) is 17.2 Å². The van der Waals surface area contributed by atoms with Gasteiger partial charge in [0, 0.05) is 6.54 Å². The van der Waals surface area contributed by atoms with E-state index in [1.165, 1.54) is 0 Å². The lowest BCUT2D eigenvalue weighted by atomic mass is 10.1. The number of hydrogen-bond acceptors (Lipinski definition) is 2. The molecule has 0 bridgehead atoms. The number of rotatable bonds is 3. The van der Waals surface area contributed by atoms with Crippen molar-refractivity contribution in [3.63, 3.8) is 0 Å². The van der Waals surface area contributed by atoms with Crippen LogP contribution in [0.4, 0.5) is 18.9 Å². The van der Waals surface area contributed by atoms with Crippen molar-refractivity contribution in [2.24, 2.45) is 0 Å². The van der Waals surface area contributed by atoms with E-state index in [1.54, 1.807) is 12.1 Å². The van der Waals surface area contributed by atoms with Crippen LogP contribution in [0.2, 0.25) is 0 Å². The molecule has 2 N–H and O–H groups in total. The molecule has 0 spiro atoms. The highest BCUT2D eigenvalue weighted by atomic mass is 19.2. The molecule has 2 amide bonds. The van der Waals surface area contributed by atoms with E-state index in [9.17, 15) is 22.8 Å². The summed E-state index contributed by atoms with van der Waals surface area (Å²) in [5, 5.41) is 4.26. The van der Waals surface area contributed by atoms with Crippen LogP contribution in [0.5, 0.6) is 0 Å². The van der Waals surface area contributed by atoms with E-state index < -0.39 is 35.0 Å². The first-order chi connectivity index (χ1) is 10.9. The number of anilines is 1. The van der Waals surface area contributed by atoms with E-state index in [4.69, 9.17) is 0 Å². The smallest absolute Gasteiger partial charge is 0.313 e. The molecule has 0 aliphatic heterocycles. The van der Waals surface area contributed by atoms with Crippen LogP contribution in [0, 0.1) is 24.4 Å². The fourth-order valence-corrected chi connectivity index (χ4v) is 1.87. The predicted octanol–water partition coefficient (Wildman–Crippen LogP) is 2.67. The van der Waals surface area contributed by atoms with Crippen molar-refractivity contribution >= 4 is 17.5 Å². The summed E-state index contributed by atoms with van der Waals surface area (Å²) in [4.78, 5) is 23.3. The van der Waals surface area contributed by atoms with Gasteiger partial charge in [0.25, 0.3) is 0 Å². The zero-order chi connectivity index (χ0) is 17.0. The van der Waals surface area contributed by atoms with Gasteiger partial charge < -0.3 is 10.6 Å². The van der Waals surface area contributed by atoms with E-state index in [1.807, 2.05) is 24.4 Å². The third-order valence-corrected chi connectivity index (χ3v) is 3.19. The molecule has 7 heteroatoms. The van der Waals surface area contributed by atoms with Gasteiger partial charge >= 0.3 is 11.8 Å². The first-order valence-electron chi connectivity index (χ1n) is 6.67. The SMILES string of the molecule is Cc1ccccc1CNC(=O)C(=O)Nc1ccc(F)c(F)c1F. The third kappa shape index (κ3) is 3.88. The normalized spacial score (nSPS) is 10.3. The Hall–Kier alpha value is -2.83. The zero-order valence-corrected chi connectivity index (χ0v) is 12.1. The van der Waals surface area contributed by atoms with Crippen LogP contribution in [-0.2, 0) is 16.1 Å². The molecule has 23 heavy (non-hydrogen) atoms. The largest absolute Gasteiger partial charge is 0.344 e. The van der Waals surface area contributed by atoms with Gasteiger partial charge in [-0.2, -0.15) is 0 Å². The van der Waals surface area contributed by atoms with Crippen molar-refractivity contribution in [2.45, 2.75) is 13.5 Å². The molecule has 4 nitrogen and oxygen atoms in total. The molecular weight excluding hydrogens is 309 g/mol. The summed E-state index contributed by atoms with van der Waals surface area (Å²) in [5.41, 5.74) is 1.13. The van der Waals surface area contributed by atoms with Crippen LogP contribution >= 0.6 is 0 Å². The molecular formula is C16H13F3N2O2. The molecule has 2 aromatic rings. The van der Waals surface area contributed by atoms with Crippen LogP contribution in [-0.4, -0.2) is 11.8 Å². The Bertz CT molecular complexity index is 763. The van der Waals surface area contributed by atoms with Gasteiger partial charge in [0.1, 0.15) is 0 Å². The number of nitrogens with one attached hydrogen (secondary N) is 2. The minimum absolute atomic E-state index is 0.110. The molecule has 0 aliphatic rings. The van der Waals surface area contributed by atoms with Crippen molar-refractivity contribution in [1.29, 1.82) is 0 Å².